The number of nitrogens with zero attached hydrogens (tertiary/aromatic N) is 5. The molecule has 0 unspecified atom stereocenters. The van der Waals surface area contributed by atoms with E-state index in [0.29, 0.717) is 0 Å². The monoisotopic (exact) mass is 647 g/mol. The molecule has 0 saturated carbocycles. The molecule has 242 valence electrons. The van der Waals surface area contributed by atoms with Crippen LogP contribution < -0.4 is 21.3 Å². The van der Waals surface area contributed by atoms with Crippen LogP contribution in [0, 0.1) is 27.7 Å². The van der Waals surface area contributed by atoms with Gasteiger partial charge in [-0.3, -0.25) is 17.9 Å². The first kappa shape index (κ1) is 28.2. The highest BCUT2D eigenvalue weighted by atomic mass is 15.3. The first-order valence-corrected chi connectivity index (χ1v) is 17.9. The van der Waals surface area contributed by atoms with Crippen LogP contribution in [0.1, 0.15) is 49.1 Å². The molecule has 0 aliphatic carbocycles. The predicted molar refractivity (Wildman–Crippen MR) is 208 cm³/mol. The average Bonchev–Trinajstić information content (AvgIpc) is 3.81. The molecule has 8 aromatic rings. The molecular weight excluding hydrogens is 609 g/mol. The van der Waals surface area contributed by atoms with Crippen LogP contribution in [0.2, 0.25) is 0 Å². The van der Waals surface area contributed by atoms with Crippen LogP contribution in [-0.4, -0.2) is 24.6 Å². The van der Waals surface area contributed by atoms with Gasteiger partial charge >= 0.3 is 0 Å². The summed E-state index contributed by atoms with van der Waals surface area (Å²) in [6, 6.07) is 38.2. The second kappa shape index (κ2) is 9.13. The molecule has 6 heteroatoms. The minimum atomic E-state index is -0.0216. The van der Waals surface area contributed by atoms with Crippen molar-refractivity contribution in [2.24, 2.45) is 0 Å². The minimum absolute atomic E-state index is 0.0216. The van der Waals surface area contributed by atoms with E-state index in [4.69, 9.17) is 0 Å². The first-order chi connectivity index (χ1) is 24.2. The molecule has 0 amide bonds. The fourth-order valence-electron chi connectivity index (χ4n) is 9.59. The SMILES string of the molecule is Cc1c(C)n2c(-c3ccccc3)c3c4c2n1-c1cc(C(C)(C)C)cc2c1B4c1c(c(-c4ccccc4)n4c(C)c(C)n-2c14)N3c1ccccc1. The van der Waals surface area contributed by atoms with Crippen molar-refractivity contribution in [3.63, 3.8) is 0 Å². The first-order valence-electron chi connectivity index (χ1n) is 17.9. The lowest BCUT2D eigenvalue weighted by Crippen LogP contribution is -2.62. The lowest BCUT2D eigenvalue weighted by atomic mass is 9.33. The molecule has 7 heterocycles. The maximum atomic E-state index is 2.61. The summed E-state index contributed by atoms with van der Waals surface area (Å²) in [7, 11) is 0. The third-order valence-electron chi connectivity index (χ3n) is 12.0. The standard InChI is InChI=1S/C44H38BN5/c1-25-27(3)48-38(29-17-11-8-12-18-29)40-36-42(48)46(25)33-23-31(44(5,6)7)24-34-35(33)45(36)37-41(50(40)32-21-15-10-16-22-32)39(30-19-13-9-14-20-30)49-28(4)26(2)47(34)43(37)49/h8-24H,1-7H3. The van der Waals surface area contributed by atoms with Gasteiger partial charge in [-0.1, -0.05) is 99.6 Å². The summed E-state index contributed by atoms with van der Waals surface area (Å²) in [6.07, 6.45) is 0. The van der Waals surface area contributed by atoms with E-state index in [1.54, 1.807) is 0 Å². The summed E-state index contributed by atoms with van der Waals surface area (Å²) in [5.41, 5.74) is 24.7. The van der Waals surface area contributed by atoms with Crippen molar-refractivity contribution < 1.29 is 0 Å². The van der Waals surface area contributed by atoms with E-state index in [-0.39, 0.29) is 12.1 Å². The zero-order chi connectivity index (χ0) is 34.0. The third-order valence-corrected chi connectivity index (χ3v) is 12.0. The van der Waals surface area contributed by atoms with Crippen molar-refractivity contribution in [3.05, 3.63) is 131 Å². The van der Waals surface area contributed by atoms with Gasteiger partial charge in [-0.2, -0.15) is 0 Å². The second-order valence-electron chi connectivity index (χ2n) is 15.6. The molecule has 4 aromatic heterocycles. The van der Waals surface area contributed by atoms with E-state index < -0.39 is 0 Å². The van der Waals surface area contributed by atoms with Crippen molar-refractivity contribution in [2.45, 2.75) is 53.9 Å². The van der Waals surface area contributed by atoms with Crippen LogP contribution in [0.5, 0.6) is 0 Å². The molecule has 50 heavy (non-hydrogen) atoms. The van der Waals surface area contributed by atoms with Gasteiger partial charge in [-0.25, -0.2) is 0 Å². The van der Waals surface area contributed by atoms with E-state index in [1.165, 1.54) is 107 Å². The Hall–Kier alpha value is -5.62. The smallest absolute Gasteiger partial charge is 0.261 e. The van der Waals surface area contributed by atoms with Gasteiger partial charge in [-0.05, 0) is 79.3 Å². The number of anilines is 3. The quantitative estimate of drug-likeness (QED) is 0.176. The number of aromatic nitrogens is 4. The lowest BCUT2D eigenvalue weighted by molar-refractivity contribution is 0.589. The Morgan fingerprint density at radius 1 is 0.500 bits per heavy atom. The summed E-state index contributed by atoms with van der Waals surface area (Å²) in [5.74, 6) is 0. The van der Waals surface area contributed by atoms with E-state index in [9.17, 15) is 0 Å². The molecule has 0 fully saturated rings. The number of aryl methyl sites for hydroxylation is 2. The third kappa shape index (κ3) is 3.13. The van der Waals surface area contributed by atoms with Crippen LogP contribution in [0.4, 0.5) is 17.1 Å². The molecular formula is C44H38BN5. The van der Waals surface area contributed by atoms with Gasteiger partial charge in [0.05, 0.1) is 22.8 Å². The van der Waals surface area contributed by atoms with Crippen LogP contribution >= 0.6 is 0 Å². The Labute approximate surface area is 292 Å². The van der Waals surface area contributed by atoms with Gasteiger partial charge in [0, 0.05) is 51.0 Å². The van der Waals surface area contributed by atoms with E-state index >= 15 is 0 Å². The Morgan fingerprint density at radius 3 is 1.34 bits per heavy atom. The fourth-order valence-corrected chi connectivity index (χ4v) is 9.59. The van der Waals surface area contributed by atoms with Gasteiger partial charge in [0.1, 0.15) is 11.3 Å². The summed E-state index contributed by atoms with van der Waals surface area (Å²) < 4.78 is 10.4. The van der Waals surface area contributed by atoms with Gasteiger partial charge in [-0.15, -0.1) is 0 Å². The second-order valence-corrected chi connectivity index (χ2v) is 15.6. The van der Waals surface area contributed by atoms with Gasteiger partial charge in [0.15, 0.2) is 0 Å². The Kier molecular flexibility index (Phi) is 5.16. The molecule has 4 aromatic carbocycles. The molecule has 0 spiro atoms. The van der Waals surface area contributed by atoms with Crippen LogP contribution in [0.3, 0.4) is 0 Å². The highest BCUT2D eigenvalue weighted by molar-refractivity contribution is 7.02. The van der Waals surface area contributed by atoms with Crippen LogP contribution in [0.25, 0.3) is 45.2 Å². The molecule has 11 rings (SSSR count). The summed E-state index contributed by atoms with van der Waals surface area (Å²) >= 11 is 0. The lowest BCUT2D eigenvalue weighted by Gasteiger charge is -2.40. The number of imidazole rings is 2. The van der Waals surface area contributed by atoms with Crippen LogP contribution in [0.15, 0.2) is 103 Å². The highest BCUT2D eigenvalue weighted by Gasteiger charge is 2.52. The molecule has 0 radical (unpaired) electrons. The molecule has 3 aliphatic heterocycles. The van der Waals surface area contributed by atoms with E-state index in [0.717, 1.165) is 0 Å². The number of fused-ring (bicyclic) bond motifs is 2. The number of benzene rings is 4. The Morgan fingerprint density at radius 2 is 0.920 bits per heavy atom. The number of hydrogen-bond donors (Lipinski definition) is 0. The summed E-state index contributed by atoms with van der Waals surface area (Å²) in [4.78, 5) is 2.61. The van der Waals surface area contributed by atoms with Crippen LogP contribution in [-0.2, 0) is 5.41 Å². The van der Waals surface area contributed by atoms with Crippen molar-refractivity contribution in [3.8, 4) is 33.9 Å². The number of para-hydroxylation sites is 1. The summed E-state index contributed by atoms with van der Waals surface area (Å²) in [6.45, 7) is 16.4. The van der Waals surface area contributed by atoms with Gasteiger partial charge < -0.3 is 4.90 Å². The van der Waals surface area contributed by atoms with Gasteiger partial charge in [0.25, 0.3) is 6.71 Å². The Balaban J connectivity index is 1.45. The fraction of sp³-hybridized carbons (Fsp3) is 0.182. The van der Waals surface area contributed by atoms with Crippen molar-refractivity contribution in [1.29, 1.82) is 0 Å². The van der Waals surface area contributed by atoms with Crippen molar-refractivity contribution >= 4 is 51.5 Å². The number of rotatable bonds is 3. The largest absolute Gasteiger partial charge is 0.307 e. The molecule has 3 aliphatic rings. The minimum Gasteiger partial charge on any atom is -0.307 e. The van der Waals surface area contributed by atoms with Crippen molar-refractivity contribution in [1.82, 2.24) is 17.9 Å². The molecule has 5 nitrogen and oxygen atoms in total. The maximum Gasteiger partial charge on any atom is 0.261 e. The molecule has 0 N–H and O–H groups in total. The average molecular weight is 648 g/mol. The van der Waals surface area contributed by atoms with E-state index in [2.05, 4.69) is 174 Å². The maximum absolute atomic E-state index is 2.61. The highest BCUT2D eigenvalue weighted by Crippen LogP contribution is 2.52. The van der Waals surface area contributed by atoms with Gasteiger partial charge in [0.2, 0.25) is 0 Å². The summed E-state index contributed by atoms with van der Waals surface area (Å²) in [5, 5.41) is 0. The zero-order valence-electron chi connectivity index (χ0n) is 29.6. The van der Waals surface area contributed by atoms with E-state index in [1.807, 2.05) is 0 Å². The molecule has 0 bridgehead atoms. The predicted octanol–water partition coefficient (Wildman–Crippen LogP) is 8.56. The number of hydrogen-bond acceptors (Lipinski definition) is 1. The Bertz CT molecular complexity index is 2610. The zero-order valence-corrected chi connectivity index (χ0v) is 29.6. The van der Waals surface area contributed by atoms with Crippen molar-refractivity contribution in [2.75, 3.05) is 4.90 Å². The molecule has 0 atom stereocenters. The normalized spacial score (nSPS) is 13.8. The molecule has 0 saturated heterocycles. The topological polar surface area (TPSA) is 21.9 Å².